The van der Waals surface area contributed by atoms with Crippen LogP contribution in [0.1, 0.15) is 33.6 Å². The van der Waals surface area contributed by atoms with E-state index in [1.165, 1.54) is 52.1 Å². The SMILES string of the molecule is CC[NH+]1CC[NH+](CC2=CC[C@@H]3C[C@H]2C3(C)C)CC1. The van der Waals surface area contributed by atoms with E-state index in [1.54, 1.807) is 10.5 Å². The van der Waals surface area contributed by atoms with Crippen molar-refractivity contribution in [2.24, 2.45) is 17.3 Å². The van der Waals surface area contributed by atoms with Crippen molar-refractivity contribution in [1.29, 1.82) is 0 Å². The molecule has 4 rings (SSSR count). The van der Waals surface area contributed by atoms with Crippen molar-refractivity contribution in [3.05, 3.63) is 11.6 Å². The van der Waals surface area contributed by atoms with Gasteiger partial charge >= 0.3 is 0 Å². The van der Waals surface area contributed by atoms with Gasteiger partial charge in [0.25, 0.3) is 0 Å². The fourth-order valence-corrected chi connectivity index (χ4v) is 4.45. The van der Waals surface area contributed by atoms with Crippen molar-refractivity contribution in [3.8, 4) is 0 Å². The molecule has 2 nitrogen and oxygen atoms in total. The molecule has 0 spiro atoms. The Bertz CT molecular complexity index is 337. The summed E-state index contributed by atoms with van der Waals surface area (Å²) >= 11 is 0. The maximum Gasteiger partial charge on any atom is 0.127 e. The molecule has 1 saturated carbocycles. The Morgan fingerprint density at radius 3 is 2.39 bits per heavy atom. The molecule has 0 amide bonds. The fourth-order valence-electron chi connectivity index (χ4n) is 4.45. The normalized spacial score (nSPS) is 42.1. The molecule has 1 saturated heterocycles. The minimum Gasteiger partial charge on any atom is -0.326 e. The maximum atomic E-state index is 2.59. The molecule has 2 N–H and O–H groups in total. The summed E-state index contributed by atoms with van der Waals surface area (Å²) in [6, 6.07) is 0. The second-order valence-electron chi connectivity index (χ2n) is 7.35. The molecule has 0 aromatic carbocycles. The first-order valence-corrected chi connectivity index (χ1v) is 7.97. The molecule has 102 valence electrons. The summed E-state index contributed by atoms with van der Waals surface area (Å²) in [4.78, 5) is 3.65. The number of quaternary nitrogens is 2. The van der Waals surface area contributed by atoms with Crippen molar-refractivity contribution in [2.75, 3.05) is 39.3 Å². The summed E-state index contributed by atoms with van der Waals surface area (Å²) in [6.07, 6.45) is 5.44. The van der Waals surface area contributed by atoms with Gasteiger partial charge in [-0.25, -0.2) is 0 Å². The van der Waals surface area contributed by atoms with Crippen LogP contribution in [-0.2, 0) is 0 Å². The fraction of sp³-hybridized carbons (Fsp3) is 0.875. The van der Waals surface area contributed by atoms with Gasteiger partial charge in [0.15, 0.2) is 0 Å². The van der Waals surface area contributed by atoms with Gasteiger partial charge in [-0.2, -0.15) is 0 Å². The highest BCUT2D eigenvalue weighted by atomic mass is 15.3. The zero-order valence-electron chi connectivity index (χ0n) is 12.4. The summed E-state index contributed by atoms with van der Waals surface area (Å²) in [5.74, 6) is 1.91. The molecule has 2 heteroatoms. The summed E-state index contributed by atoms with van der Waals surface area (Å²) in [5, 5.41) is 0. The number of nitrogens with one attached hydrogen (secondary N) is 2. The monoisotopic (exact) mass is 250 g/mol. The Kier molecular flexibility index (Phi) is 3.27. The van der Waals surface area contributed by atoms with Gasteiger partial charge in [-0.3, -0.25) is 0 Å². The van der Waals surface area contributed by atoms with Gasteiger partial charge in [-0.15, -0.1) is 0 Å². The average molecular weight is 250 g/mol. The second kappa shape index (κ2) is 4.64. The van der Waals surface area contributed by atoms with Crippen molar-refractivity contribution in [1.82, 2.24) is 0 Å². The van der Waals surface area contributed by atoms with Gasteiger partial charge in [-0.05, 0) is 42.6 Å². The lowest BCUT2D eigenvalue weighted by Gasteiger charge is -2.56. The van der Waals surface area contributed by atoms with Crippen molar-refractivity contribution in [3.63, 3.8) is 0 Å². The highest BCUT2D eigenvalue weighted by Gasteiger charge is 2.51. The van der Waals surface area contributed by atoms with Crippen LogP contribution >= 0.6 is 0 Å². The van der Waals surface area contributed by atoms with E-state index in [9.17, 15) is 0 Å². The van der Waals surface area contributed by atoms with E-state index in [1.807, 2.05) is 4.90 Å². The summed E-state index contributed by atoms with van der Waals surface area (Å²) in [6.45, 7) is 15.5. The molecule has 0 aromatic heterocycles. The highest BCUT2D eigenvalue weighted by Crippen LogP contribution is 2.58. The summed E-state index contributed by atoms with van der Waals surface area (Å²) in [7, 11) is 0. The standard InChI is InChI=1S/C16H28N2/c1-4-17-7-9-18(10-8-17)12-13-5-6-14-11-15(13)16(14,2)3/h5,14-15H,4,6-12H2,1-3H3/p+2/t14-,15-/m1/s1. The lowest BCUT2D eigenvalue weighted by Crippen LogP contribution is -3.28. The quantitative estimate of drug-likeness (QED) is 0.641. The molecular weight excluding hydrogens is 220 g/mol. The zero-order valence-corrected chi connectivity index (χ0v) is 12.4. The molecule has 1 heterocycles. The van der Waals surface area contributed by atoms with Gasteiger partial charge in [0.2, 0.25) is 0 Å². The Balaban J connectivity index is 1.56. The highest BCUT2D eigenvalue weighted by molar-refractivity contribution is 5.23. The first-order chi connectivity index (χ1) is 8.61. The van der Waals surface area contributed by atoms with E-state index in [4.69, 9.17) is 0 Å². The maximum absolute atomic E-state index is 2.59. The topological polar surface area (TPSA) is 8.88 Å². The first-order valence-electron chi connectivity index (χ1n) is 7.97. The third-order valence-corrected chi connectivity index (χ3v) is 6.20. The molecule has 4 aliphatic rings. The molecular formula is C16H30N2+2. The molecule has 18 heavy (non-hydrogen) atoms. The van der Waals surface area contributed by atoms with Crippen LogP contribution in [0.3, 0.4) is 0 Å². The minimum atomic E-state index is 0.611. The van der Waals surface area contributed by atoms with Crippen LogP contribution in [0.15, 0.2) is 11.6 Å². The largest absolute Gasteiger partial charge is 0.326 e. The summed E-state index contributed by atoms with van der Waals surface area (Å²) in [5.41, 5.74) is 2.41. The molecule has 0 aromatic rings. The van der Waals surface area contributed by atoms with E-state index in [0.717, 1.165) is 11.8 Å². The molecule has 2 bridgehead atoms. The Morgan fingerprint density at radius 1 is 1.17 bits per heavy atom. The average Bonchev–Trinajstić information content (AvgIpc) is 2.39. The van der Waals surface area contributed by atoms with Crippen LogP contribution in [0.25, 0.3) is 0 Å². The Morgan fingerprint density at radius 2 is 1.83 bits per heavy atom. The number of rotatable bonds is 3. The lowest BCUT2D eigenvalue weighted by atomic mass is 9.49. The predicted molar refractivity (Wildman–Crippen MR) is 74.9 cm³/mol. The van der Waals surface area contributed by atoms with Gasteiger partial charge in [0.1, 0.15) is 26.2 Å². The Hall–Kier alpha value is -0.340. The van der Waals surface area contributed by atoms with Crippen molar-refractivity contribution < 1.29 is 9.80 Å². The lowest BCUT2D eigenvalue weighted by molar-refractivity contribution is -1.01. The third-order valence-electron chi connectivity index (χ3n) is 6.20. The van der Waals surface area contributed by atoms with E-state index < -0.39 is 0 Å². The smallest absolute Gasteiger partial charge is 0.127 e. The van der Waals surface area contributed by atoms with E-state index in [-0.39, 0.29) is 0 Å². The van der Waals surface area contributed by atoms with Gasteiger partial charge < -0.3 is 9.80 Å². The van der Waals surface area contributed by atoms with E-state index >= 15 is 0 Å². The first kappa shape index (κ1) is 12.7. The molecule has 3 aliphatic carbocycles. The van der Waals surface area contributed by atoms with Gasteiger partial charge in [0, 0.05) is 0 Å². The molecule has 2 atom stereocenters. The second-order valence-corrected chi connectivity index (χ2v) is 7.35. The van der Waals surface area contributed by atoms with Crippen LogP contribution < -0.4 is 9.80 Å². The predicted octanol–water partition coefficient (Wildman–Crippen LogP) is -0.218. The number of fused-ring (bicyclic) bond motifs is 1. The molecule has 0 unspecified atom stereocenters. The van der Waals surface area contributed by atoms with Gasteiger partial charge in [0.05, 0.1) is 13.1 Å². The number of piperazine rings is 1. The van der Waals surface area contributed by atoms with Crippen molar-refractivity contribution >= 4 is 0 Å². The molecule has 1 aliphatic heterocycles. The Labute approximate surface area is 112 Å². The zero-order chi connectivity index (χ0) is 12.8. The number of likely N-dealkylation sites (N-methyl/N-ethyl adjacent to an activating group) is 1. The number of hydrogen-bond acceptors (Lipinski definition) is 0. The van der Waals surface area contributed by atoms with E-state index in [2.05, 4.69) is 26.8 Å². The summed E-state index contributed by atoms with van der Waals surface area (Å²) < 4.78 is 0. The number of allylic oxidation sites excluding steroid dienone is 1. The van der Waals surface area contributed by atoms with Crippen LogP contribution in [-0.4, -0.2) is 39.3 Å². The van der Waals surface area contributed by atoms with Gasteiger partial charge in [-0.1, -0.05) is 19.9 Å². The number of hydrogen-bond donors (Lipinski definition) is 2. The third kappa shape index (κ3) is 2.04. The van der Waals surface area contributed by atoms with E-state index in [0.29, 0.717) is 5.41 Å². The van der Waals surface area contributed by atoms with Crippen LogP contribution in [0, 0.1) is 17.3 Å². The molecule has 0 radical (unpaired) electrons. The van der Waals surface area contributed by atoms with Crippen LogP contribution in [0.4, 0.5) is 0 Å². The van der Waals surface area contributed by atoms with Crippen LogP contribution in [0.5, 0.6) is 0 Å². The minimum absolute atomic E-state index is 0.611. The van der Waals surface area contributed by atoms with Crippen LogP contribution in [0.2, 0.25) is 0 Å². The molecule has 2 fully saturated rings. The van der Waals surface area contributed by atoms with Crippen molar-refractivity contribution in [2.45, 2.75) is 33.6 Å².